The summed E-state index contributed by atoms with van der Waals surface area (Å²) in [5, 5.41) is 0. The normalized spacial score (nSPS) is 12.2. The number of imidazole rings is 1. The Hall–Kier alpha value is -2.05. The molecule has 0 aromatic carbocycles. The molecule has 0 aliphatic carbocycles. The maximum absolute atomic E-state index is 11.5. The number of methoxy groups -OCH3 is 1. The fourth-order valence-electron chi connectivity index (χ4n) is 1.86. The smallest absolute Gasteiger partial charge is 0.360 e. The van der Waals surface area contributed by atoms with E-state index < -0.39 is 11.9 Å². The van der Waals surface area contributed by atoms with Crippen LogP contribution in [0.4, 0.5) is 5.82 Å². The molecule has 1 atom stereocenters. The third-order valence-corrected chi connectivity index (χ3v) is 2.65. The number of primary amides is 1. The van der Waals surface area contributed by atoms with Crippen molar-refractivity contribution in [3.05, 3.63) is 11.5 Å². The second-order valence-electron chi connectivity index (χ2n) is 4.00. The van der Waals surface area contributed by atoms with E-state index >= 15 is 0 Å². The quantitative estimate of drug-likeness (QED) is 0.731. The monoisotopic (exact) mass is 254 g/mol. The number of aromatic nitrogens is 2. The third-order valence-electron chi connectivity index (χ3n) is 2.65. The van der Waals surface area contributed by atoms with Crippen LogP contribution in [0.15, 0.2) is 0 Å². The Morgan fingerprint density at radius 1 is 1.50 bits per heavy atom. The average molecular weight is 254 g/mol. The molecule has 18 heavy (non-hydrogen) atoms. The second-order valence-corrected chi connectivity index (χ2v) is 4.00. The van der Waals surface area contributed by atoms with Crippen LogP contribution < -0.4 is 11.5 Å². The number of hydrogen-bond donors (Lipinski definition) is 2. The second kappa shape index (κ2) is 5.52. The number of carbonyl (C=O) groups is 2. The lowest BCUT2D eigenvalue weighted by molar-refractivity contribution is -0.118. The van der Waals surface area contributed by atoms with Crippen LogP contribution >= 0.6 is 0 Å². The van der Waals surface area contributed by atoms with E-state index in [1.54, 1.807) is 11.5 Å². The molecular formula is C11H18N4O3. The number of rotatable bonds is 5. The fraction of sp³-hybridized carbons (Fsp3) is 0.545. The van der Waals surface area contributed by atoms with Crippen molar-refractivity contribution >= 4 is 17.7 Å². The fourth-order valence-corrected chi connectivity index (χ4v) is 1.86. The van der Waals surface area contributed by atoms with Gasteiger partial charge in [0, 0.05) is 18.9 Å². The maximum Gasteiger partial charge on any atom is 0.360 e. The maximum atomic E-state index is 11.5. The first-order valence-electron chi connectivity index (χ1n) is 5.65. The summed E-state index contributed by atoms with van der Waals surface area (Å²) in [6.45, 7) is 3.68. The first kappa shape index (κ1) is 14.0. The summed E-state index contributed by atoms with van der Waals surface area (Å²) < 4.78 is 6.25. The van der Waals surface area contributed by atoms with Crippen molar-refractivity contribution in [1.29, 1.82) is 0 Å². The van der Waals surface area contributed by atoms with Crippen LogP contribution in [0.2, 0.25) is 0 Å². The van der Waals surface area contributed by atoms with E-state index in [4.69, 9.17) is 11.5 Å². The molecule has 0 bridgehead atoms. The zero-order valence-corrected chi connectivity index (χ0v) is 10.8. The van der Waals surface area contributed by atoms with E-state index in [-0.39, 0.29) is 24.0 Å². The summed E-state index contributed by atoms with van der Waals surface area (Å²) in [6, 6.07) is -0.247. The van der Waals surface area contributed by atoms with Gasteiger partial charge in [0.2, 0.25) is 5.91 Å². The molecule has 0 radical (unpaired) electrons. The van der Waals surface area contributed by atoms with Crippen LogP contribution in [-0.4, -0.2) is 28.5 Å². The van der Waals surface area contributed by atoms with Gasteiger partial charge < -0.3 is 20.8 Å². The lowest BCUT2D eigenvalue weighted by Gasteiger charge is -2.16. The van der Waals surface area contributed by atoms with Gasteiger partial charge in [-0.2, -0.15) is 0 Å². The number of esters is 1. The summed E-state index contributed by atoms with van der Waals surface area (Å²) in [7, 11) is 1.26. The molecule has 0 aliphatic heterocycles. The Kier molecular flexibility index (Phi) is 4.30. The molecule has 7 heteroatoms. The SMILES string of the molecule is CCc1nc(C(=O)OC)c(N)n1C(C)CC(N)=O. The molecule has 1 amide bonds. The van der Waals surface area contributed by atoms with E-state index in [1.807, 2.05) is 6.92 Å². The minimum atomic E-state index is -0.591. The van der Waals surface area contributed by atoms with Gasteiger partial charge in [0.05, 0.1) is 7.11 Å². The molecule has 100 valence electrons. The average Bonchev–Trinajstić information content (AvgIpc) is 2.64. The topological polar surface area (TPSA) is 113 Å². The van der Waals surface area contributed by atoms with Crippen molar-refractivity contribution in [1.82, 2.24) is 9.55 Å². The largest absolute Gasteiger partial charge is 0.464 e. The van der Waals surface area contributed by atoms with Crippen molar-refractivity contribution in [2.45, 2.75) is 32.7 Å². The van der Waals surface area contributed by atoms with Gasteiger partial charge in [-0.15, -0.1) is 0 Å². The number of nitrogens with zero attached hydrogens (tertiary/aromatic N) is 2. The zero-order chi connectivity index (χ0) is 13.9. The van der Waals surface area contributed by atoms with Crippen molar-refractivity contribution < 1.29 is 14.3 Å². The standard InChI is InChI=1S/C11H18N4O3/c1-4-8-14-9(11(17)18-3)10(13)15(8)6(2)5-7(12)16/h6H,4-5,13H2,1-3H3,(H2,12,16). The number of ether oxygens (including phenoxy) is 1. The van der Waals surface area contributed by atoms with Crippen LogP contribution in [0.25, 0.3) is 0 Å². The highest BCUT2D eigenvalue weighted by molar-refractivity contribution is 5.92. The van der Waals surface area contributed by atoms with E-state index in [9.17, 15) is 9.59 Å². The first-order valence-corrected chi connectivity index (χ1v) is 5.65. The number of nitrogens with two attached hydrogens (primary N) is 2. The van der Waals surface area contributed by atoms with Gasteiger partial charge in [-0.3, -0.25) is 4.79 Å². The molecule has 0 aliphatic rings. The molecule has 0 saturated carbocycles. The highest BCUT2D eigenvalue weighted by Crippen LogP contribution is 2.23. The Morgan fingerprint density at radius 2 is 2.11 bits per heavy atom. The van der Waals surface area contributed by atoms with Crippen LogP contribution in [0.1, 0.15) is 42.6 Å². The van der Waals surface area contributed by atoms with Gasteiger partial charge in [-0.1, -0.05) is 6.92 Å². The van der Waals surface area contributed by atoms with E-state index in [0.29, 0.717) is 12.2 Å². The summed E-state index contributed by atoms with van der Waals surface area (Å²) >= 11 is 0. The minimum absolute atomic E-state index is 0.0747. The lowest BCUT2D eigenvalue weighted by atomic mass is 10.2. The van der Waals surface area contributed by atoms with Crippen LogP contribution in [0.5, 0.6) is 0 Å². The molecule has 7 nitrogen and oxygen atoms in total. The van der Waals surface area contributed by atoms with E-state index in [0.717, 1.165) is 0 Å². The van der Waals surface area contributed by atoms with Crippen LogP contribution in [0.3, 0.4) is 0 Å². The van der Waals surface area contributed by atoms with Crippen molar-refractivity contribution in [2.24, 2.45) is 5.73 Å². The molecule has 1 rings (SSSR count). The lowest BCUT2D eigenvalue weighted by Crippen LogP contribution is -2.20. The van der Waals surface area contributed by atoms with E-state index in [2.05, 4.69) is 9.72 Å². The van der Waals surface area contributed by atoms with Crippen LogP contribution in [-0.2, 0) is 16.0 Å². The Morgan fingerprint density at radius 3 is 2.56 bits per heavy atom. The predicted octanol–water partition coefficient (Wildman–Crippen LogP) is 0.251. The molecule has 0 spiro atoms. The minimum Gasteiger partial charge on any atom is -0.464 e. The van der Waals surface area contributed by atoms with Gasteiger partial charge in [0.1, 0.15) is 11.6 Å². The molecule has 1 aromatic rings. The molecule has 0 fully saturated rings. The number of aryl methyl sites for hydroxylation is 1. The highest BCUT2D eigenvalue weighted by Gasteiger charge is 2.23. The molecule has 0 saturated heterocycles. The Balaban J connectivity index is 3.21. The number of hydrogen-bond acceptors (Lipinski definition) is 5. The number of amides is 1. The highest BCUT2D eigenvalue weighted by atomic mass is 16.5. The van der Waals surface area contributed by atoms with Gasteiger partial charge in [0.15, 0.2) is 5.69 Å². The predicted molar refractivity (Wildman–Crippen MR) is 65.9 cm³/mol. The van der Waals surface area contributed by atoms with Crippen molar-refractivity contribution in [3.8, 4) is 0 Å². The van der Waals surface area contributed by atoms with E-state index in [1.165, 1.54) is 7.11 Å². The molecule has 1 unspecified atom stereocenters. The van der Waals surface area contributed by atoms with Gasteiger partial charge in [-0.25, -0.2) is 9.78 Å². The van der Waals surface area contributed by atoms with Gasteiger partial charge in [-0.05, 0) is 6.92 Å². The Bertz CT molecular complexity index is 467. The molecule has 1 aromatic heterocycles. The van der Waals surface area contributed by atoms with Crippen molar-refractivity contribution in [2.75, 3.05) is 12.8 Å². The molecular weight excluding hydrogens is 236 g/mol. The summed E-state index contributed by atoms with van der Waals surface area (Å²) in [4.78, 5) is 26.6. The number of nitrogen functional groups attached to an aromatic ring is 1. The first-order chi connectivity index (χ1) is 8.42. The van der Waals surface area contributed by atoms with Crippen LogP contribution in [0, 0.1) is 0 Å². The Labute approximate surface area is 105 Å². The summed E-state index contributed by atoms with van der Waals surface area (Å²) in [5.74, 6) is -0.196. The van der Waals surface area contributed by atoms with Gasteiger partial charge in [0.25, 0.3) is 0 Å². The summed E-state index contributed by atoms with van der Waals surface area (Å²) in [5.41, 5.74) is 11.1. The number of anilines is 1. The third kappa shape index (κ3) is 2.61. The van der Waals surface area contributed by atoms with Crippen molar-refractivity contribution in [3.63, 3.8) is 0 Å². The van der Waals surface area contributed by atoms with Gasteiger partial charge >= 0.3 is 5.97 Å². The zero-order valence-electron chi connectivity index (χ0n) is 10.8. The molecule has 1 heterocycles. The summed E-state index contributed by atoms with van der Waals surface area (Å²) in [6.07, 6.45) is 0.721. The molecule has 4 N–H and O–H groups in total. The number of carbonyl (C=O) groups excluding carboxylic acids is 2.